The van der Waals surface area contributed by atoms with Crippen molar-refractivity contribution >= 4 is 21.8 Å². The molecule has 0 atom stereocenters. The summed E-state index contributed by atoms with van der Waals surface area (Å²) in [6.45, 7) is 6.58. The molecule has 3 aromatic heterocycles. The van der Waals surface area contributed by atoms with Gasteiger partial charge in [-0.1, -0.05) is 81.0 Å². The zero-order valence-corrected chi connectivity index (χ0v) is 30.7. The second-order valence-electron chi connectivity index (χ2n) is 15.3. The van der Waals surface area contributed by atoms with E-state index in [1.807, 2.05) is 18.3 Å². The van der Waals surface area contributed by atoms with Crippen molar-refractivity contribution in [3.05, 3.63) is 131 Å². The number of aromatic nitrogens is 4. The van der Waals surface area contributed by atoms with Crippen LogP contribution in [0.2, 0.25) is 0 Å². The minimum absolute atomic E-state index is 0.629. The predicted octanol–water partition coefficient (Wildman–Crippen LogP) is 12.8. The molecule has 0 unspecified atom stereocenters. The number of hydrogen-bond donors (Lipinski definition) is 0. The third-order valence-corrected chi connectivity index (χ3v) is 11.8. The minimum atomic E-state index is 0.629. The second kappa shape index (κ2) is 13.8. The Kier molecular flexibility index (Phi) is 8.66. The molecule has 0 spiro atoms. The molecule has 52 heavy (non-hydrogen) atoms. The summed E-state index contributed by atoms with van der Waals surface area (Å²) in [5, 5.41) is 7.62. The molecule has 0 amide bonds. The van der Waals surface area contributed by atoms with Crippen LogP contribution < -0.4 is 4.74 Å². The molecular weight excluding hydrogens is 637 g/mol. The summed E-state index contributed by atoms with van der Waals surface area (Å²) in [6.07, 6.45) is 15.1. The summed E-state index contributed by atoms with van der Waals surface area (Å²) >= 11 is 0. The molecule has 0 N–H and O–H groups in total. The molecule has 0 radical (unpaired) electrons. The maximum Gasteiger partial charge on any atom is 0.137 e. The SMILES string of the molecule is Cc1ccnc(-n2c3ccccc3c3ccc(Oc4cccc(-n5nc(C)c(-c6c(C7CCCCC7)cccc6C6CCCCC6)c5C)c4)cc32)c1. The number of nitrogens with zero attached hydrogens (tertiary/aromatic N) is 4. The van der Waals surface area contributed by atoms with Gasteiger partial charge in [0.05, 0.1) is 22.4 Å². The minimum Gasteiger partial charge on any atom is -0.457 e. The maximum atomic E-state index is 6.64. The average Bonchev–Trinajstić information content (AvgIpc) is 3.67. The molecular formula is C47H48N4O. The van der Waals surface area contributed by atoms with Crippen LogP contribution in [0.25, 0.3) is 44.4 Å². The first-order chi connectivity index (χ1) is 25.5. The number of benzene rings is 4. The van der Waals surface area contributed by atoms with E-state index in [0.717, 1.165) is 39.7 Å². The highest BCUT2D eigenvalue weighted by atomic mass is 16.5. The molecule has 3 heterocycles. The zero-order valence-electron chi connectivity index (χ0n) is 30.7. The summed E-state index contributed by atoms with van der Waals surface area (Å²) in [5.74, 6) is 3.73. The summed E-state index contributed by atoms with van der Waals surface area (Å²) in [5.41, 5.74) is 12.6. The van der Waals surface area contributed by atoms with E-state index in [2.05, 4.69) is 115 Å². The van der Waals surface area contributed by atoms with Crippen LogP contribution in [0, 0.1) is 20.8 Å². The van der Waals surface area contributed by atoms with Gasteiger partial charge >= 0.3 is 0 Å². The molecule has 0 bridgehead atoms. The molecule has 0 aliphatic heterocycles. The number of aryl methyl sites for hydroxylation is 2. The fourth-order valence-corrected chi connectivity index (χ4v) is 9.36. The van der Waals surface area contributed by atoms with Crippen LogP contribution in [0.15, 0.2) is 103 Å². The van der Waals surface area contributed by atoms with Gasteiger partial charge in [0, 0.05) is 40.4 Å². The molecule has 2 saturated carbocycles. The van der Waals surface area contributed by atoms with Crippen LogP contribution in [0.1, 0.15) is 104 Å². The van der Waals surface area contributed by atoms with Gasteiger partial charge < -0.3 is 4.74 Å². The van der Waals surface area contributed by atoms with Gasteiger partial charge in [-0.05, 0) is 123 Å². The topological polar surface area (TPSA) is 44.9 Å². The number of rotatable bonds is 7. The van der Waals surface area contributed by atoms with Crippen molar-refractivity contribution in [2.75, 3.05) is 0 Å². The van der Waals surface area contributed by atoms with E-state index in [1.54, 1.807) is 11.1 Å². The second-order valence-corrected chi connectivity index (χ2v) is 15.3. The predicted molar refractivity (Wildman–Crippen MR) is 214 cm³/mol. The van der Waals surface area contributed by atoms with Crippen molar-refractivity contribution in [1.29, 1.82) is 0 Å². The van der Waals surface area contributed by atoms with Gasteiger partial charge in [0.2, 0.25) is 0 Å². The van der Waals surface area contributed by atoms with E-state index >= 15 is 0 Å². The van der Waals surface area contributed by atoms with Gasteiger partial charge in [0.1, 0.15) is 17.3 Å². The average molecular weight is 685 g/mol. The van der Waals surface area contributed by atoms with Crippen molar-refractivity contribution in [3.63, 3.8) is 0 Å². The molecule has 2 aliphatic carbocycles. The van der Waals surface area contributed by atoms with Crippen molar-refractivity contribution in [2.24, 2.45) is 0 Å². The molecule has 2 aliphatic rings. The summed E-state index contributed by atoms with van der Waals surface area (Å²) in [4.78, 5) is 4.76. The van der Waals surface area contributed by atoms with Gasteiger partial charge in [-0.3, -0.25) is 4.57 Å². The Bertz CT molecular complexity index is 2370. The fourth-order valence-electron chi connectivity index (χ4n) is 9.36. The van der Waals surface area contributed by atoms with Crippen molar-refractivity contribution < 1.29 is 4.74 Å². The normalized spacial score (nSPS) is 15.8. The van der Waals surface area contributed by atoms with Crippen LogP contribution in [0.4, 0.5) is 0 Å². The Balaban J connectivity index is 1.10. The Hall–Kier alpha value is -5.16. The highest BCUT2D eigenvalue weighted by molar-refractivity contribution is 6.09. The van der Waals surface area contributed by atoms with E-state index in [4.69, 9.17) is 14.8 Å². The molecule has 5 heteroatoms. The smallest absolute Gasteiger partial charge is 0.137 e. The molecule has 5 nitrogen and oxygen atoms in total. The summed E-state index contributed by atoms with van der Waals surface area (Å²) in [6, 6.07) is 34.7. The molecule has 2 fully saturated rings. The number of para-hydroxylation sites is 1. The first-order valence-electron chi connectivity index (χ1n) is 19.5. The number of pyridine rings is 1. The lowest BCUT2D eigenvalue weighted by atomic mass is 9.75. The van der Waals surface area contributed by atoms with Gasteiger partial charge in [-0.25, -0.2) is 9.67 Å². The summed E-state index contributed by atoms with van der Waals surface area (Å²) in [7, 11) is 0. The lowest BCUT2D eigenvalue weighted by Gasteiger charge is -2.30. The van der Waals surface area contributed by atoms with E-state index in [1.165, 1.54) is 97.4 Å². The quantitative estimate of drug-likeness (QED) is 0.168. The van der Waals surface area contributed by atoms with E-state index < -0.39 is 0 Å². The van der Waals surface area contributed by atoms with Crippen LogP contribution in [-0.4, -0.2) is 19.3 Å². The zero-order chi connectivity index (χ0) is 35.2. The first-order valence-corrected chi connectivity index (χ1v) is 19.5. The Labute approximate surface area is 307 Å². The Morgan fingerprint density at radius 3 is 2.00 bits per heavy atom. The largest absolute Gasteiger partial charge is 0.457 e. The number of ether oxygens (including phenoxy) is 1. The van der Waals surface area contributed by atoms with Crippen LogP contribution in [0.3, 0.4) is 0 Å². The molecule has 4 aromatic carbocycles. The third kappa shape index (κ3) is 5.90. The molecule has 0 saturated heterocycles. The number of fused-ring (bicyclic) bond motifs is 3. The van der Waals surface area contributed by atoms with Gasteiger partial charge in [0.15, 0.2) is 0 Å². The third-order valence-electron chi connectivity index (χ3n) is 11.8. The lowest BCUT2D eigenvalue weighted by molar-refractivity contribution is 0.436. The Morgan fingerprint density at radius 2 is 1.27 bits per heavy atom. The lowest BCUT2D eigenvalue weighted by Crippen LogP contribution is -2.11. The van der Waals surface area contributed by atoms with Crippen LogP contribution in [0.5, 0.6) is 11.5 Å². The van der Waals surface area contributed by atoms with Crippen molar-refractivity contribution in [2.45, 2.75) is 96.8 Å². The van der Waals surface area contributed by atoms with E-state index in [-0.39, 0.29) is 0 Å². The monoisotopic (exact) mass is 684 g/mol. The van der Waals surface area contributed by atoms with Gasteiger partial charge in [-0.2, -0.15) is 5.10 Å². The van der Waals surface area contributed by atoms with Gasteiger partial charge in [-0.15, -0.1) is 0 Å². The fraction of sp³-hybridized carbons (Fsp3) is 0.319. The standard InChI is InChI=1S/C47H48N4O/c1-31-26-27-48-45(28-31)50-43-23-11-10-20-41(43)42-25-24-38(30-44(42)50)52-37-19-12-18-36(29-37)51-33(3)46(32(2)49-51)47-39(34-14-6-4-7-15-34)21-13-22-40(47)35-16-8-5-9-17-35/h10-13,18-30,34-35H,4-9,14-17H2,1-3H3. The van der Waals surface area contributed by atoms with Crippen molar-refractivity contribution in [3.8, 4) is 34.1 Å². The molecule has 7 aromatic rings. The summed E-state index contributed by atoms with van der Waals surface area (Å²) < 4.78 is 11.0. The van der Waals surface area contributed by atoms with Crippen molar-refractivity contribution in [1.82, 2.24) is 19.3 Å². The van der Waals surface area contributed by atoms with E-state index in [0.29, 0.717) is 11.8 Å². The number of hydrogen-bond acceptors (Lipinski definition) is 3. The van der Waals surface area contributed by atoms with Gasteiger partial charge in [0.25, 0.3) is 0 Å². The first kappa shape index (κ1) is 32.7. The van der Waals surface area contributed by atoms with E-state index in [9.17, 15) is 0 Å². The van der Waals surface area contributed by atoms with Crippen LogP contribution >= 0.6 is 0 Å². The Morgan fingerprint density at radius 1 is 0.596 bits per heavy atom. The molecule has 9 rings (SSSR count). The highest BCUT2D eigenvalue weighted by Gasteiger charge is 2.28. The molecule has 262 valence electrons. The highest BCUT2D eigenvalue weighted by Crippen LogP contribution is 2.46. The van der Waals surface area contributed by atoms with Crippen LogP contribution in [-0.2, 0) is 0 Å². The maximum absolute atomic E-state index is 6.64.